The molecule has 2 bridgehead atoms. The van der Waals surface area contributed by atoms with Crippen LogP contribution in [0.2, 0.25) is 0 Å². The highest BCUT2D eigenvalue weighted by molar-refractivity contribution is 6.07. The molecule has 3 aliphatic carbocycles. The van der Waals surface area contributed by atoms with Gasteiger partial charge in [0.05, 0.1) is 0 Å². The zero-order valence-electron chi connectivity index (χ0n) is 21.5. The summed E-state index contributed by atoms with van der Waals surface area (Å²) >= 11 is 0. The number of hydrogen-bond donors (Lipinski definition) is 0. The summed E-state index contributed by atoms with van der Waals surface area (Å²) in [5.74, 6) is 1.82. The minimum atomic E-state index is 0.120. The fraction of sp³-hybridized carbons (Fsp3) is 0.533. The molecule has 0 spiro atoms. The Morgan fingerprint density at radius 3 is 2.49 bits per heavy atom. The van der Waals surface area contributed by atoms with E-state index in [0.29, 0.717) is 17.8 Å². The van der Waals surface area contributed by atoms with Gasteiger partial charge in [-0.25, -0.2) is 0 Å². The van der Waals surface area contributed by atoms with Crippen molar-refractivity contribution < 1.29 is 9.59 Å². The maximum atomic E-state index is 13.3. The van der Waals surface area contributed by atoms with Crippen molar-refractivity contribution in [2.24, 2.45) is 17.3 Å². The Hall–Kier alpha value is -2.66. The zero-order chi connectivity index (χ0) is 24.6. The summed E-state index contributed by atoms with van der Waals surface area (Å²) in [6.07, 6.45) is 5.42. The van der Waals surface area contributed by atoms with Gasteiger partial charge in [0.1, 0.15) is 0 Å². The summed E-state index contributed by atoms with van der Waals surface area (Å²) in [6.45, 7) is 12.3. The Balaban J connectivity index is 1.16. The van der Waals surface area contributed by atoms with Gasteiger partial charge in [0, 0.05) is 57.8 Å². The van der Waals surface area contributed by atoms with E-state index in [9.17, 15) is 9.59 Å². The predicted octanol–water partition coefficient (Wildman–Crippen LogP) is 4.83. The highest BCUT2D eigenvalue weighted by atomic mass is 16.2. The lowest BCUT2D eigenvalue weighted by molar-refractivity contribution is -0.131. The molecule has 35 heavy (non-hydrogen) atoms. The number of piperazine rings is 1. The first-order chi connectivity index (χ1) is 16.9. The average molecular weight is 474 g/mol. The first-order valence-corrected chi connectivity index (χ1v) is 13.3. The average Bonchev–Trinajstić information content (AvgIpc) is 2.90. The molecule has 0 N–H and O–H groups in total. The topological polar surface area (TPSA) is 43.9 Å². The largest absolute Gasteiger partial charge is 0.337 e. The fourth-order valence-electron chi connectivity index (χ4n) is 6.41. The van der Waals surface area contributed by atoms with Crippen LogP contribution in [0.25, 0.3) is 10.8 Å². The van der Waals surface area contributed by atoms with Crippen LogP contribution < -0.4 is 0 Å². The molecule has 6 rings (SSSR count). The van der Waals surface area contributed by atoms with E-state index in [2.05, 4.69) is 41.9 Å². The molecule has 1 aliphatic heterocycles. The van der Waals surface area contributed by atoms with Gasteiger partial charge >= 0.3 is 0 Å². The van der Waals surface area contributed by atoms with E-state index in [4.69, 9.17) is 0 Å². The lowest BCUT2D eigenvalue weighted by Gasteiger charge is -2.57. The van der Waals surface area contributed by atoms with Crippen molar-refractivity contribution in [1.82, 2.24) is 14.7 Å². The van der Waals surface area contributed by atoms with Gasteiger partial charge < -0.3 is 9.80 Å². The smallest absolute Gasteiger partial charge is 0.254 e. The van der Waals surface area contributed by atoms with Crippen molar-refractivity contribution in [1.29, 1.82) is 0 Å². The first kappa shape index (κ1) is 24.1. The minimum absolute atomic E-state index is 0.120. The number of allylic oxidation sites excluding steroid dienone is 1. The van der Waals surface area contributed by atoms with Crippen LogP contribution in [-0.4, -0.2) is 72.3 Å². The molecule has 5 nitrogen and oxygen atoms in total. The van der Waals surface area contributed by atoms with Gasteiger partial charge in [0.2, 0.25) is 5.91 Å². The molecule has 2 aromatic carbocycles. The molecule has 2 unspecified atom stereocenters. The second-order valence-corrected chi connectivity index (χ2v) is 11.2. The first-order valence-electron chi connectivity index (χ1n) is 13.3. The number of benzene rings is 2. The Bertz CT molecular complexity index is 1120. The van der Waals surface area contributed by atoms with Crippen molar-refractivity contribution in [3.05, 3.63) is 59.7 Å². The number of nitrogens with zero attached hydrogens (tertiary/aromatic N) is 3. The molecule has 186 valence electrons. The molecule has 4 aliphatic rings. The molecule has 5 heteroatoms. The van der Waals surface area contributed by atoms with Crippen molar-refractivity contribution in [2.45, 2.75) is 40.0 Å². The summed E-state index contributed by atoms with van der Waals surface area (Å²) in [7, 11) is 0. The third kappa shape index (κ3) is 4.63. The SMILES string of the molecule is CCC(=O)N(CCN1CCN(C(=O)c2cccc3ccccc23)CC1)CC1=CCC2CC1C2(C)C. The molecular weight excluding hydrogens is 434 g/mol. The summed E-state index contributed by atoms with van der Waals surface area (Å²) in [5, 5.41) is 2.13. The Kier molecular flexibility index (Phi) is 6.71. The molecule has 1 saturated carbocycles. The second kappa shape index (κ2) is 9.77. The maximum Gasteiger partial charge on any atom is 0.254 e. The van der Waals surface area contributed by atoms with Crippen LogP contribution in [0.1, 0.15) is 50.4 Å². The molecular formula is C30H39N3O2. The Labute approximate surface area is 209 Å². The third-order valence-corrected chi connectivity index (χ3v) is 8.98. The van der Waals surface area contributed by atoms with Gasteiger partial charge in [-0.3, -0.25) is 14.5 Å². The molecule has 2 fully saturated rings. The van der Waals surface area contributed by atoms with Crippen molar-refractivity contribution >= 4 is 22.6 Å². The van der Waals surface area contributed by atoms with Crippen LogP contribution in [0.4, 0.5) is 0 Å². The normalized spacial score (nSPS) is 23.5. The van der Waals surface area contributed by atoms with E-state index in [-0.39, 0.29) is 11.8 Å². The van der Waals surface area contributed by atoms with Gasteiger partial charge in [-0.05, 0) is 46.9 Å². The monoisotopic (exact) mass is 473 g/mol. The molecule has 2 aromatic rings. The maximum absolute atomic E-state index is 13.3. The van der Waals surface area contributed by atoms with E-state index in [1.165, 1.54) is 18.4 Å². The zero-order valence-corrected chi connectivity index (χ0v) is 21.5. The summed E-state index contributed by atoms with van der Waals surface area (Å²) in [6, 6.07) is 14.1. The highest BCUT2D eigenvalue weighted by Crippen LogP contribution is 2.59. The molecule has 0 radical (unpaired) electrons. The fourth-order valence-corrected chi connectivity index (χ4v) is 6.41. The van der Waals surface area contributed by atoms with E-state index >= 15 is 0 Å². The molecule has 2 atom stereocenters. The van der Waals surface area contributed by atoms with Gasteiger partial charge in [-0.1, -0.05) is 68.8 Å². The van der Waals surface area contributed by atoms with Crippen LogP contribution >= 0.6 is 0 Å². The Morgan fingerprint density at radius 2 is 1.77 bits per heavy atom. The second-order valence-electron chi connectivity index (χ2n) is 11.2. The van der Waals surface area contributed by atoms with Crippen LogP contribution in [0.5, 0.6) is 0 Å². The van der Waals surface area contributed by atoms with Gasteiger partial charge in [-0.2, -0.15) is 0 Å². The standard InChI is InChI=1S/C30H39N3O2/c1-4-28(34)33(21-23-12-13-24-20-27(23)30(24,2)3)19-16-31-14-17-32(18-15-31)29(35)26-11-7-9-22-8-5-6-10-25(22)26/h5-12,24,27H,4,13-21H2,1-3H3. The van der Waals surface area contributed by atoms with Crippen LogP contribution in [0, 0.1) is 17.3 Å². The lowest BCUT2D eigenvalue weighted by atomic mass is 9.49. The van der Waals surface area contributed by atoms with Crippen molar-refractivity contribution in [3.8, 4) is 0 Å². The molecule has 1 saturated heterocycles. The number of amides is 2. The van der Waals surface area contributed by atoms with E-state index in [1.54, 1.807) is 0 Å². The molecule has 1 heterocycles. The van der Waals surface area contributed by atoms with Gasteiger partial charge in [-0.15, -0.1) is 0 Å². The predicted molar refractivity (Wildman–Crippen MR) is 141 cm³/mol. The minimum Gasteiger partial charge on any atom is -0.337 e. The summed E-state index contributed by atoms with van der Waals surface area (Å²) in [5.41, 5.74) is 2.65. The van der Waals surface area contributed by atoms with Crippen LogP contribution in [0.3, 0.4) is 0 Å². The van der Waals surface area contributed by atoms with E-state index in [0.717, 1.165) is 68.1 Å². The quantitative estimate of drug-likeness (QED) is 0.541. The van der Waals surface area contributed by atoms with Gasteiger partial charge in [0.15, 0.2) is 0 Å². The third-order valence-electron chi connectivity index (χ3n) is 8.98. The number of hydrogen-bond acceptors (Lipinski definition) is 3. The Morgan fingerprint density at radius 1 is 1.03 bits per heavy atom. The van der Waals surface area contributed by atoms with Crippen LogP contribution in [-0.2, 0) is 4.79 Å². The number of fused-ring (bicyclic) bond motifs is 2. The molecule has 0 aromatic heterocycles. The van der Waals surface area contributed by atoms with Crippen molar-refractivity contribution in [2.75, 3.05) is 45.8 Å². The number of carbonyl (C=O) groups excluding carboxylic acids is 2. The number of carbonyl (C=O) groups is 2. The van der Waals surface area contributed by atoms with E-state index < -0.39 is 0 Å². The van der Waals surface area contributed by atoms with Crippen molar-refractivity contribution in [3.63, 3.8) is 0 Å². The molecule has 2 amide bonds. The summed E-state index contributed by atoms with van der Waals surface area (Å²) in [4.78, 5) is 32.5. The van der Waals surface area contributed by atoms with E-state index in [1.807, 2.05) is 42.2 Å². The lowest BCUT2D eigenvalue weighted by Crippen LogP contribution is -2.52. The van der Waals surface area contributed by atoms with Crippen LogP contribution in [0.15, 0.2) is 54.1 Å². The highest BCUT2D eigenvalue weighted by Gasteiger charge is 2.51. The number of rotatable bonds is 7. The van der Waals surface area contributed by atoms with Gasteiger partial charge in [0.25, 0.3) is 5.91 Å². The summed E-state index contributed by atoms with van der Waals surface area (Å²) < 4.78 is 0.